The van der Waals surface area contributed by atoms with Gasteiger partial charge in [-0.3, -0.25) is 13.5 Å². The van der Waals surface area contributed by atoms with Gasteiger partial charge in [-0.25, -0.2) is 4.79 Å². The largest absolute Gasteiger partial charge is 0.458 e. The maximum absolute atomic E-state index is 13.4. The first-order valence-corrected chi connectivity index (χ1v) is 11.9. The minimum Gasteiger partial charge on any atom is -0.458 e. The number of hydrogen-bond donors (Lipinski definition) is 1. The van der Waals surface area contributed by atoms with Crippen LogP contribution in [0.2, 0.25) is 0 Å². The first kappa shape index (κ1) is 22.0. The second-order valence-electron chi connectivity index (χ2n) is 7.56. The number of rotatable bonds is 6. The topological polar surface area (TPSA) is 150 Å². The summed E-state index contributed by atoms with van der Waals surface area (Å²) in [7, 11) is -10.1. The summed E-state index contributed by atoms with van der Waals surface area (Å²) in [4.78, 5) is 24.9. The van der Waals surface area contributed by atoms with Gasteiger partial charge in [0.25, 0.3) is 10.1 Å². The second-order valence-corrected chi connectivity index (χ2v) is 10.8. The quantitative estimate of drug-likeness (QED) is 0.347. The second kappa shape index (κ2) is 7.18. The van der Waals surface area contributed by atoms with E-state index in [0.717, 1.165) is 0 Å². The average molecular weight is 482 g/mol. The van der Waals surface area contributed by atoms with Gasteiger partial charge in [-0.2, -0.15) is 25.6 Å². The van der Waals surface area contributed by atoms with Crippen LogP contribution in [0.5, 0.6) is 0 Å². The SMILES string of the molecule is O=C(OC1C2CC3C1OS(=O)(=O)C3C2C(=O)OCC(F)(F)S(=O)(=O)O)c1ccccc1. The number of benzene rings is 1. The monoisotopic (exact) mass is 482 g/mol. The summed E-state index contributed by atoms with van der Waals surface area (Å²) in [6, 6.07) is 7.76. The molecule has 2 bridgehead atoms. The highest BCUT2D eigenvalue weighted by molar-refractivity contribution is 7.87. The van der Waals surface area contributed by atoms with Crippen molar-refractivity contribution in [3.05, 3.63) is 35.9 Å². The molecule has 0 radical (unpaired) electrons. The number of carbonyl (C=O) groups excluding carboxylic acids is 2. The Hall–Kier alpha value is -2.16. The smallest absolute Gasteiger partial charge is 0.402 e. The number of halogens is 2. The van der Waals surface area contributed by atoms with Crippen molar-refractivity contribution in [3.8, 4) is 0 Å². The van der Waals surface area contributed by atoms with E-state index >= 15 is 0 Å². The summed E-state index contributed by atoms with van der Waals surface area (Å²) in [5.41, 5.74) is 0.176. The van der Waals surface area contributed by atoms with Crippen molar-refractivity contribution in [2.24, 2.45) is 17.8 Å². The standard InChI is InChI=1S/C17H16F2O10S2/c18-17(19,31(24,25)26)7-27-16(21)11-9-6-10-13(29-30(22,23)14(10)11)12(9)28-15(20)8-4-2-1-3-5-8/h1-5,9-14H,6-7H2,(H,24,25,26). The van der Waals surface area contributed by atoms with Crippen LogP contribution in [0.25, 0.3) is 0 Å². The van der Waals surface area contributed by atoms with Crippen LogP contribution in [-0.2, 0) is 38.7 Å². The Balaban J connectivity index is 1.56. The number of carbonyl (C=O) groups is 2. The maximum atomic E-state index is 13.4. The lowest BCUT2D eigenvalue weighted by Gasteiger charge is -2.30. The molecule has 170 valence electrons. The molecule has 1 saturated heterocycles. The molecule has 0 aromatic heterocycles. The molecule has 4 rings (SSSR count). The van der Waals surface area contributed by atoms with Crippen LogP contribution in [0.15, 0.2) is 30.3 Å². The van der Waals surface area contributed by atoms with Crippen molar-refractivity contribution >= 4 is 32.2 Å². The van der Waals surface area contributed by atoms with E-state index in [1.165, 1.54) is 12.1 Å². The van der Waals surface area contributed by atoms with Crippen LogP contribution in [0, 0.1) is 17.8 Å². The normalized spacial score (nSPS) is 33.3. The summed E-state index contributed by atoms with van der Waals surface area (Å²) in [6.07, 6.45) is -2.06. The number of ether oxygens (including phenoxy) is 2. The zero-order valence-electron chi connectivity index (χ0n) is 15.5. The predicted octanol–water partition coefficient (Wildman–Crippen LogP) is 0.599. The molecule has 31 heavy (non-hydrogen) atoms. The summed E-state index contributed by atoms with van der Waals surface area (Å²) < 4.78 is 96.4. The van der Waals surface area contributed by atoms with Gasteiger partial charge in [-0.05, 0) is 18.6 Å². The number of hydrogen-bond acceptors (Lipinski definition) is 9. The Labute approximate surface area is 175 Å². The van der Waals surface area contributed by atoms with Crippen molar-refractivity contribution < 1.29 is 53.4 Å². The minimum absolute atomic E-state index is 0.107. The summed E-state index contributed by atoms with van der Waals surface area (Å²) in [5, 5.41) is -6.16. The fourth-order valence-corrected chi connectivity index (χ4v) is 6.81. The molecule has 1 aromatic rings. The zero-order valence-corrected chi connectivity index (χ0v) is 17.1. The maximum Gasteiger partial charge on any atom is 0.402 e. The lowest BCUT2D eigenvalue weighted by Crippen LogP contribution is -2.46. The Morgan fingerprint density at radius 1 is 1.19 bits per heavy atom. The van der Waals surface area contributed by atoms with Gasteiger partial charge in [0.15, 0.2) is 6.61 Å². The van der Waals surface area contributed by atoms with Gasteiger partial charge in [0.2, 0.25) is 0 Å². The van der Waals surface area contributed by atoms with E-state index in [4.69, 9.17) is 13.5 Å². The highest BCUT2D eigenvalue weighted by Gasteiger charge is 2.72. The van der Waals surface area contributed by atoms with Crippen molar-refractivity contribution in [1.29, 1.82) is 0 Å². The average Bonchev–Trinajstić information content (AvgIpc) is 3.28. The molecule has 1 N–H and O–H groups in total. The van der Waals surface area contributed by atoms with E-state index in [9.17, 15) is 35.2 Å². The summed E-state index contributed by atoms with van der Waals surface area (Å²) in [6.45, 7) is -2.00. The summed E-state index contributed by atoms with van der Waals surface area (Å²) in [5.74, 6) is -5.30. The highest BCUT2D eigenvalue weighted by atomic mass is 32.2. The molecule has 0 amide bonds. The highest BCUT2D eigenvalue weighted by Crippen LogP contribution is 2.58. The zero-order chi connectivity index (χ0) is 22.8. The number of alkyl halides is 2. The number of fused-ring (bicyclic) bond motifs is 1. The molecule has 6 unspecified atom stereocenters. The van der Waals surface area contributed by atoms with Crippen molar-refractivity contribution in [2.75, 3.05) is 6.61 Å². The Morgan fingerprint density at radius 3 is 2.45 bits per heavy atom. The van der Waals surface area contributed by atoms with Crippen LogP contribution >= 0.6 is 0 Å². The molecule has 3 aliphatic rings. The molecule has 10 nitrogen and oxygen atoms in total. The molecule has 1 heterocycles. The van der Waals surface area contributed by atoms with Crippen LogP contribution in [0.3, 0.4) is 0 Å². The van der Waals surface area contributed by atoms with Gasteiger partial charge in [-0.15, -0.1) is 0 Å². The Morgan fingerprint density at radius 2 is 1.84 bits per heavy atom. The van der Waals surface area contributed by atoms with Crippen LogP contribution in [-0.4, -0.2) is 62.6 Å². The van der Waals surface area contributed by atoms with Crippen molar-refractivity contribution in [3.63, 3.8) is 0 Å². The minimum atomic E-state index is -5.85. The number of esters is 2. The summed E-state index contributed by atoms with van der Waals surface area (Å²) >= 11 is 0. The molecule has 0 spiro atoms. The third-order valence-electron chi connectivity index (χ3n) is 5.81. The molecule has 2 aliphatic carbocycles. The van der Waals surface area contributed by atoms with E-state index in [0.29, 0.717) is 0 Å². The third kappa shape index (κ3) is 3.60. The molecule has 1 aromatic carbocycles. The van der Waals surface area contributed by atoms with Crippen molar-refractivity contribution in [2.45, 2.75) is 29.1 Å². The van der Waals surface area contributed by atoms with E-state index in [-0.39, 0.29) is 12.0 Å². The van der Waals surface area contributed by atoms with Gasteiger partial charge in [-0.1, -0.05) is 18.2 Å². The van der Waals surface area contributed by atoms with E-state index < -0.39 is 79.2 Å². The van der Waals surface area contributed by atoms with E-state index in [1.54, 1.807) is 18.2 Å². The van der Waals surface area contributed by atoms with Gasteiger partial charge in [0.05, 0.1) is 11.5 Å². The van der Waals surface area contributed by atoms with Crippen LogP contribution in [0.1, 0.15) is 16.8 Å². The predicted molar refractivity (Wildman–Crippen MR) is 95.8 cm³/mol. The molecular formula is C17H16F2O10S2. The van der Waals surface area contributed by atoms with Gasteiger partial charge < -0.3 is 9.47 Å². The molecular weight excluding hydrogens is 466 g/mol. The molecule has 14 heteroatoms. The first-order valence-electron chi connectivity index (χ1n) is 9.03. The Kier molecular flexibility index (Phi) is 5.11. The van der Waals surface area contributed by atoms with Crippen molar-refractivity contribution in [1.82, 2.24) is 0 Å². The van der Waals surface area contributed by atoms with E-state index in [1.807, 2.05) is 0 Å². The van der Waals surface area contributed by atoms with Crippen LogP contribution in [0.4, 0.5) is 8.78 Å². The molecule has 1 aliphatic heterocycles. The van der Waals surface area contributed by atoms with Crippen LogP contribution < -0.4 is 0 Å². The Bertz CT molecular complexity index is 1120. The molecule has 2 saturated carbocycles. The first-order chi connectivity index (χ1) is 14.3. The van der Waals surface area contributed by atoms with E-state index in [2.05, 4.69) is 4.74 Å². The fraction of sp³-hybridized carbons (Fsp3) is 0.529. The fourth-order valence-electron chi connectivity index (χ4n) is 4.55. The third-order valence-corrected chi connectivity index (χ3v) is 8.49. The molecule has 6 atom stereocenters. The van der Waals surface area contributed by atoms with Gasteiger partial charge in [0.1, 0.15) is 17.5 Å². The van der Waals surface area contributed by atoms with Gasteiger partial charge >= 0.3 is 27.3 Å². The molecule has 3 fully saturated rings. The van der Waals surface area contributed by atoms with Gasteiger partial charge in [0, 0.05) is 11.8 Å². The lowest BCUT2D eigenvalue weighted by molar-refractivity contribution is -0.158. The lowest BCUT2D eigenvalue weighted by atomic mass is 9.84.